The minimum atomic E-state index is -1.28. The van der Waals surface area contributed by atoms with Crippen molar-refractivity contribution in [3.63, 3.8) is 0 Å². The van der Waals surface area contributed by atoms with Crippen LogP contribution in [0.25, 0.3) is 0 Å². The molecule has 8 aliphatic heterocycles. The number of hydrogen-bond acceptors (Lipinski definition) is 9. The fourth-order valence-electron chi connectivity index (χ4n) is 19.2. The van der Waals surface area contributed by atoms with Crippen molar-refractivity contribution < 1.29 is 32.7 Å². The van der Waals surface area contributed by atoms with E-state index in [2.05, 4.69) is 313 Å². The lowest BCUT2D eigenvalue weighted by Gasteiger charge is -2.45. The second-order valence-corrected chi connectivity index (χ2v) is 36.0. The molecule has 8 aromatic rings. The van der Waals surface area contributed by atoms with Crippen LogP contribution in [0.4, 0.5) is 0 Å². The van der Waals surface area contributed by atoms with Gasteiger partial charge in [0.15, 0.2) is 0 Å². The van der Waals surface area contributed by atoms with Crippen molar-refractivity contribution in [1.29, 1.82) is 0 Å². The fraction of sp³-hybridized carbons (Fsp3) is 0.393. The van der Waals surface area contributed by atoms with Crippen molar-refractivity contribution in [3.8, 4) is 46.0 Å². The van der Waals surface area contributed by atoms with E-state index >= 15 is 0 Å². The van der Waals surface area contributed by atoms with E-state index in [4.69, 9.17) is 38.9 Å². The SMILES string of the molecule is CCC/C=C/C/C=C/CCCCCCCc1cccc(Oc2ccc3c(c2)C2=NC4=[N+]5C(=NC6=[N+]7C(=NC8c9ccc(Oc%10cccc(CCCCCCC/C=C/C/C=C/CCC)c%10)cc9C9=NC3=[N+]2[C@@]57N98)c2cc(Oc3cccc(CCCCCCC/C=C/C/C=C/CCC)c3)ccc26)c2cc(Oc3cccc(CCCCCCC/C=C/C/C=C/CCC)c3)ccc24)c1. The lowest BCUT2D eigenvalue weighted by atomic mass is 10.0. The predicted molar refractivity (Wildman–Crippen MR) is 535 cm³/mol. The highest BCUT2D eigenvalue weighted by atomic mass is 16.5. The number of benzene rings is 8. The van der Waals surface area contributed by atoms with Crippen molar-refractivity contribution in [2.75, 3.05) is 0 Å². The van der Waals surface area contributed by atoms with Gasteiger partial charge in [-0.2, -0.15) is 0 Å². The summed E-state index contributed by atoms with van der Waals surface area (Å²) < 4.78 is 35.3. The molecular weight excluding hydrogens is 1580 g/mol. The summed E-state index contributed by atoms with van der Waals surface area (Å²) in [6.07, 6.45) is 83.1. The molecule has 666 valence electrons. The van der Waals surface area contributed by atoms with Crippen LogP contribution in [0, 0.1) is 0 Å². The number of unbranched alkanes of at least 4 members (excludes halogenated alkanes) is 24. The first-order valence-corrected chi connectivity index (χ1v) is 49.9. The van der Waals surface area contributed by atoms with E-state index in [-0.39, 0.29) is 0 Å². The molecule has 8 aromatic carbocycles. The molecule has 8 aliphatic rings. The third-order valence-electron chi connectivity index (χ3n) is 25.9. The molecular formula is C117H137N8O4+3. The number of hydrogen-bond donors (Lipinski definition) is 0. The summed E-state index contributed by atoms with van der Waals surface area (Å²) >= 11 is 0. The minimum Gasteiger partial charge on any atom is -0.457 e. The van der Waals surface area contributed by atoms with E-state index in [1.165, 1.54) is 176 Å². The van der Waals surface area contributed by atoms with E-state index in [9.17, 15) is 0 Å². The number of aryl methyl sites for hydroxylation is 4. The Morgan fingerprint density at radius 2 is 0.550 bits per heavy atom. The average molecular weight is 1720 g/mol. The molecule has 16 rings (SSSR count). The molecule has 0 radical (unpaired) electrons. The highest BCUT2D eigenvalue weighted by Gasteiger charge is 2.78. The lowest BCUT2D eigenvalue weighted by Crippen LogP contribution is -2.78. The zero-order valence-electron chi connectivity index (χ0n) is 77.5. The summed E-state index contributed by atoms with van der Waals surface area (Å²) in [6.45, 7) is 8.93. The van der Waals surface area contributed by atoms with E-state index in [1.54, 1.807) is 0 Å². The number of aliphatic imine (C=N–C) groups is 4. The van der Waals surface area contributed by atoms with Crippen molar-refractivity contribution >= 4 is 40.8 Å². The largest absolute Gasteiger partial charge is 0.457 e. The molecule has 0 saturated carbocycles. The molecule has 12 heteroatoms. The van der Waals surface area contributed by atoms with Crippen LogP contribution < -0.4 is 18.9 Å². The second kappa shape index (κ2) is 46.6. The van der Waals surface area contributed by atoms with Crippen LogP contribution in [0.5, 0.6) is 46.0 Å². The predicted octanol–water partition coefficient (Wildman–Crippen LogP) is 31.0. The van der Waals surface area contributed by atoms with Gasteiger partial charge in [0.05, 0.1) is 33.4 Å². The summed E-state index contributed by atoms with van der Waals surface area (Å²) in [6, 6.07) is 60.8. The Morgan fingerprint density at radius 1 is 0.271 bits per heavy atom. The van der Waals surface area contributed by atoms with Gasteiger partial charge in [-0.05, 0) is 298 Å². The molecule has 0 aliphatic carbocycles. The molecule has 0 N–H and O–H groups in total. The molecule has 8 heterocycles. The maximum Gasteiger partial charge on any atom is 0.445 e. The molecule has 2 atom stereocenters. The molecule has 129 heavy (non-hydrogen) atoms. The van der Waals surface area contributed by atoms with Gasteiger partial charge in [-0.15, -0.1) is 18.7 Å². The van der Waals surface area contributed by atoms with Gasteiger partial charge in [-0.1, -0.05) is 291 Å². The Labute approximate surface area is 770 Å². The van der Waals surface area contributed by atoms with Crippen molar-refractivity contribution in [1.82, 2.24) is 4.90 Å². The molecule has 0 saturated heterocycles. The quantitative estimate of drug-likeness (QED) is 0.0215. The summed E-state index contributed by atoms with van der Waals surface area (Å²) in [7, 11) is 0. The third-order valence-corrected chi connectivity index (χ3v) is 25.9. The fourth-order valence-corrected chi connectivity index (χ4v) is 19.2. The second-order valence-electron chi connectivity index (χ2n) is 36.0. The summed E-state index contributed by atoms with van der Waals surface area (Å²) in [5.74, 6) is 10.2. The number of nitrogens with zero attached hydrogens (tertiary/aromatic N) is 8. The Bertz CT molecular complexity index is 5710. The molecule has 1 spiro atoms. The number of amidine groups is 7. The van der Waals surface area contributed by atoms with Crippen LogP contribution >= 0.6 is 0 Å². The molecule has 0 amide bonds. The van der Waals surface area contributed by atoms with Crippen molar-refractivity contribution in [3.05, 3.63) is 334 Å². The van der Waals surface area contributed by atoms with Gasteiger partial charge in [0, 0.05) is 11.1 Å². The Balaban J connectivity index is 0.706. The van der Waals surface area contributed by atoms with E-state index < -0.39 is 12.1 Å². The van der Waals surface area contributed by atoms with Gasteiger partial charge in [-0.3, -0.25) is 0 Å². The molecule has 12 nitrogen and oxygen atoms in total. The van der Waals surface area contributed by atoms with Gasteiger partial charge in [0.25, 0.3) is 35.0 Å². The lowest BCUT2D eigenvalue weighted by molar-refractivity contribution is -0.946. The maximum atomic E-state index is 7.05. The van der Waals surface area contributed by atoms with Crippen LogP contribution in [0.2, 0.25) is 0 Å². The maximum absolute atomic E-state index is 7.05. The molecule has 0 fully saturated rings. The minimum absolute atomic E-state index is 0.568. The number of ether oxygens (including phenoxy) is 4. The number of fused-ring (bicyclic) bond motifs is 12. The third kappa shape index (κ3) is 22.5. The Morgan fingerprint density at radius 3 is 0.891 bits per heavy atom. The smallest absolute Gasteiger partial charge is 0.445 e. The van der Waals surface area contributed by atoms with Gasteiger partial charge < -0.3 is 18.9 Å². The zero-order valence-corrected chi connectivity index (χ0v) is 77.5. The van der Waals surface area contributed by atoms with E-state index in [0.717, 1.165) is 234 Å². The van der Waals surface area contributed by atoms with Gasteiger partial charge >= 0.3 is 5.91 Å². The first-order valence-electron chi connectivity index (χ1n) is 49.9. The molecule has 0 bridgehead atoms. The highest BCUT2D eigenvalue weighted by molar-refractivity contribution is 6.29. The van der Waals surface area contributed by atoms with Crippen molar-refractivity contribution in [2.45, 2.75) is 297 Å². The van der Waals surface area contributed by atoms with E-state index in [1.807, 2.05) is 0 Å². The summed E-state index contributed by atoms with van der Waals surface area (Å²) in [5, 5.41) is 0. The van der Waals surface area contributed by atoms with Gasteiger partial charge in [-0.25, -0.2) is 4.90 Å². The number of allylic oxidation sites excluding steroid dienone is 16. The average Bonchev–Trinajstić information content (AvgIpc) is 1.47. The van der Waals surface area contributed by atoms with Crippen LogP contribution in [0.3, 0.4) is 0 Å². The zero-order chi connectivity index (χ0) is 88.0. The van der Waals surface area contributed by atoms with E-state index in [0.29, 0.717) is 0 Å². The normalized spacial score (nSPS) is 16.5. The summed E-state index contributed by atoms with van der Waals surface area (Å²) in [4.78, 5) is 26.4. The molecule has 0 aromatic heterocycles. The topological polar surface area (TPSA) is 98.6 Å². The van der Waals surface area contributed by atoms with Crippen LogP contribution in [0.15, 0.2) is 287 Å². The Kier molecular flexibility index (Phi) is 32.7. The standard InChI is InChI=1S/C117H137N8O4/c1-5-9-13-17-21-25-29-33-37-41-45-49-53-61-89-65-57-69-93(81-89)126-97-73-77-101-105(85-97)113-118-110-102-78-74-98(127-94-70-58-66-90(82-94)62-54-50-46-42-38-34-30-26-22-18-14-10-6-2)86-106(102)115-120-112-104-80-76-100(129-96-72-60-68-92(84-96)64-56-52-48-44-40-36-32-28-24-20-16-12-8-4)88-108(104)116-121-111-103-79-75-99(87-107(103)114-119-109(101)122(113)117(123(110)115,124(111)114)125(112)116)128-95-71-59-67-91(83-95)63-55-51-47-43-39-35-31-27-23-19-15-11-7-3/h13-20,25-32,57-60,65-88,109H,5-12,21-24,33-56,61-64H2,1-4H3/q+3/b17-13+,18-14+,19-15+,20-16+,29-25+,30-26+,31-27+,32-28+/t109?,117-/m1/s1. The van der Waals surface area contributed by atoms with Crippen LogP contribution in [-0.4, -0.2) is 65.4 Å². The monoisotopic (exact) mass is 1720 g/mol. The van der Waals surface area contributed by atoms with Crippen LogP contribution in [0.1, 0.15) is 332 Å². The van der Waals surface area contributed by atoms with Gasteiger partial charge in [0.2, 0.25) is 12.0 Å². The first-order chi connectivity index (χ1) is 63.9. The van der Waals surface area contributed by atoms with Crippen LogP contribution in [-0.2, 0) is 25.7 Å². The summed E-state index contributed by atoms with van der Waals surface area (Å²) in [5.41, 5.74) is 12.7. The number of rotatable bonds is 56. The van der Waals surface area contributed by atoms with Gasteiger partial charge in [0.1, 0.15) is 46.0 Å². The molecule has 1 unspecified atom stereocenters. The van der Waals surface area contributed by atoms with Crippen molar-refractivity contribution in [2.24, 2.45) is 20.0 Å². The Hall–Kier alpha value is -11.6. The highest BCUT2D eigenvalue weighted by Crippen LogP contribution is 2.55. The first kappa shape index (κ1) is 90.7.